The van der Waals surface area contributed by atoms with E-state index in [0.717, 1.165) is 0 Å². The minimum Gasteiger partial charge on any atom is -0.0616 e. The van der Waals surface area contributed by atoms with E-state index in [4.69, 9.17) is 0 Å². The molecular formula is C27H19+. The molecule has 0 atom stereocenters. The van der Waals surface area contributed by atoms with Crippen LogP contribution in [0.4, 0.5) is 0 Å². The Morgan fingerprint density at radius 1 is 0.481 bits per heavy atom. The van der Waals surface area contributed by atoms with Gasteiger partial charge in [0.2, 0.25) is 0 Å². The van der Waals surface area contributed by atoms with Crippen LogP contribution in [0.1, 0.15) is 0 Å². The van der Waals surface area contributed by atoms with Crippen LogP contribution >= 0.6 is 0 Å². The lowest BCUT2D eigenvalue weighted by Gasteiger charge is -2.09. The molecule has 0 nitrogen and oxygen atoms in total. The summed E-state index contributed by atoms with van der Waals surface area (Å²) in [5.41, 5.74) is 5.04. The SMILES string of the molecule is c1ccc[c+](-c2cccc3cccc(-c4ccc5ccccc5c4)c23)cc1. The highest BCUT2D eigenvalue weighted by Gasteiger charge is 2.14. The molecule has 0 saturated heterocycles. The van der Waals surface area contributed by atoms with Crippen LogP contribution in [0.5, 0.6) is 0 Å². The summed E-state index contributed by atoms with van der Waals surface area (Å²) in [6.07, 6.45) is 0. The van der Waals surface area contributed by atoms with Crippen LogP contribution in [0.15, 0.2) is 115 Å². The van der Waals surface area contributed by atoms with E-state index in [9.17, 15) is 0 Å². The van der Waals surface area contributed by atoms with E-state index in [1.54, 1.807) is 0 Å². The normalized spacial score (nSPS) is 11.0. The maximum absolute atomic E-state index is 2.30. The number of hydrogen-bond acceptors (Lipinski definition) is 0. The molecule has 0 spiro atoms. The molecule has 0 aromatic heterocycles. The molecule has 27 heavy (non-hydrogen) atoms. The summed E-state index contributed by atoms with van der Waals surface area (Å²) in [5.74, 6) is 0. The fourth-order valence-corrected chi connectivity index (χ4v) is 3.86. The maximum Gasteiger partial charge on any atom is 0.0879 e. The van der Waals surface area contributed by atoms with Gasteiger partial charge < -0.3 is 0 Å². The van der Waals surface area contributed by atoms with Crippen LogP contribution in [-0.2, 0) is 0 Å². The smallest absolute Gasteiger partial charge is 0.0616 e. The molecule has 126 valence electrons. The number of fused-ring (bicyclic) bond motifs is 2. The van der Waals surface area contributed by atoms with Gasteiger partial charge in [-0.2, -0.15) is 0 Å². The Morgan fingerprint density at radius 3 is 2.00 bits per heavy atom. The first-order valence-corrected chi connectivity index (χ1v) is 9.30. The van der Waals surface area contributed by atoms with Gasteiger partial charge in [-0.1, -0.05) is 42.5 Å². The first kappa shape index (κ1) is 15.7. The van der Waals surface area contributed by atoms with E-state index in [1.807, 2.05) is 0 Å². The third kappa shape index (κ3) is 2.86. The molecule has 5 aromatic carbocycles. The van der Waals surface area contributed by atoms with Crippen molar-refractivity contribution >= 4 is 21.5 Å². The van der Waals surface area contributed by atoms with Crippen LogP contribution in [0.25, 0.3) is 43.8 Å². The van der Waals surface area contributed by atoms with Crippen molar-refractivity contribution < 1.29 is 0 Å². The van der Waals surface area contributed by atoms with Gasteiger partial charge in [-0.15, -0.1) is 0 Å². The average Bonchev–Trinajstić information content (AvgIpc) is 3.02. The first-order chi connectivity index (χ1) is 13.4. The Kier molecular flexibility index (Phi) is 3.88. The molecule has 0 aliphatic rings. The third-order valence-electron chi connectivity index (χ3n) is 5.16. The summed E-state index contributed by atoms with van der Waals surface area (Å²) in [6.45, 7) is 0. The van der Waals surface area contributed by atoms with Crippen LogP contribution in [-0.4, -0.2) is 0 Å². The number of rotatable bonds is 2. The lowest BCUT2D eigenvalue weighted by molar-refractivity contribution is 1.66. The lowest BCUT2D eigenvalue weighted by atomic mass is 9.91. The molecular weight excluding hydrogens is 324 g/mol. The topological polar surface area (TPSA) is 0 Å². The predicted molar refractivity (Wildman–Crippen MR) is 117 cm³/mol. The van der Waals surface area contributed by atoms with Gasteiger partial charge >= 0.3 is 0 Å². The Labute approximate surface area is 159 Å². The molecule has 0 heteroatoms. The van der Waals surface area contributed by atoms with E-state index >= 15 is 0 Å². The highest BCUT2D eigenvalue weighted by atomic mass is 14.1. The van der Waals surface area contributed by atoms with Gasteiger partial charge in [0.15, 0.2) is 0 Å². The van der Waals surface area contributed by atoms with Crippen LogP contribution < -0.4 is 0 Å². The molecule has 0 heterocycles. The summed E-state index contributed by atoms with van der Waals surface area (Å²) in [4.78, 5) is 0. The molecule has 0 saturated carbocycles. The summed E-state index contributed by atoms with van der Waals surface area (Å²) < 4.78 is 0. The monoisotopic (exact) mass is 343 g/mol. The summed E-state index contributed by atoms with van der Waals surface area (Å²) >= 11 is 0. The molecule has 5 rings (SSSR count). The molecule has 0 amide bonds. The van der Waals surface area contributed by atoms with Crippen molar-refractivity contribution in [1.82, 2.24) is 0 Å². The molecule has 0 N–H and O–H groups in total. The zero-order chi connectivity index (χ0) is 18.1. The van der Waals surface area contributed by atoms with Gasteiger partial charge in [0, 0.05) is 29.1 Å². The van der Waals surface area contributed by atoms with Crippen molar-refractivity contribution in [3.05, 3.63) is 115 Å². The quantitative estimate of drug-likeness (QED) is 0.289. The van der Waals surface area contributed by atoms with Gasteiger partial charge in [-0.3, -0.25) is 0 Å². The minimum atomic E-state index is 1.24. The van der Waals surface area contributed by atoms with Gasteiger partial charge in [-0.05, 0) is 70.9 Å². The molecule has 0 bridgehead atoms. The minimum absolute atomic E-state index is 1.24. The van der Waals surface area contributed by atoms with Gasteiger partial charge in [0.05, 0.1) is 16.5 Å². The molecule has 0 aliphatic heterocycles. The third-order valence-corrected chi connectivity index (χ3v) is 5.16. The zero-order valence-electron chi connectivity index (χ0n) is 15.0. The zero-order valence-corrected chi connectivity index (χ0v) is 15.0. The van der Waals surface area contributed by atoms with E-state index in [-0.39, 0.29) is 0 Å². The van der Waals surface area contributed by atoms with Gasteiger partial charge in [-0.25, -0.2) is 0 Å². The van der Waals surface area contributed by atoms with E-state index in [1.165, 1.54) is 43.8 Å². The predicted octanol–water partition coefficient (Wildman–Crippen LogP) is 7.61. The Hall–Kier alpha value is -3.51. The van der Waals surface area contributed by atoms with Crippen molar-refractivity contribution in [2.45, 2.75) is 0 Å². The van der Waals surface area contributed by atoms with Crippen LogP contribution in [0.2, 0.25) is 0 Å². The second kappa shape index (κ2) is 6.66. The molecule has 0 aliphatic carbocycles. The lowest BCUT2D eigenvalue weighted by Crippen LogP contribution is -1.86. The Bertz CT molecular complexity index is 1250. The van der Waals surface area contributed by atoms with Crippen molar-refractivity contribution in [3.8, 4) is 22.3 Å². The highest BCUT2D eigenvalue weighted by Crippen LogP contribution is 2.37. The van der Waals surface area contributed by atoms with Crippen molar-refractivity contribution in [3.63, 3.8) is 0 Å². The summed E-state index contributed by atoms with van der Waals surface area (Å²) in [5, 5.41) is 5.12. The second-order valence-corrected chi connectivity index (χ2v) is 6.83. The van der Waals surface area contributed by atoms with E-state index in [0.29, 0.717) is 0 Å². The average molecular weight is 343 g/mol. The van der Waals surface area contributed by atoms with Crippen molar-refractivity contribution in [2.75, 3.05) is 0 Å². The standard InChI is InChI=1S/C27H19/c1-2-4-11-21(10-3-1)25-15-7-13-22-14-8-16-26(27(22)25)24-18-17-20-9-5-6-12-23(20)19-24/h1-19H/q+1. The van der Waals surface area contributed by atoms with Crippen molar-refractivity contribution in [1.29, 1.82) is 0 Å². The Balaban J connectivity index is 1.82. The van der Waals surface area contributed by atoms with Crippen molar-refractivity contribution in [2.24, 2.45) is 0 Å². The van der Waals surface area contributed by atoms with Crippen LogP contribution in [0.3, 0.4) is 0 Å². The summed E-state index contributed by atoms with van der Waals surface area (Å²) in [7, 11) is 0. The van der Waals surface area contributed by atoms with E-state index in [2.05, 4.69) is 115 Å². The number of benzene rings is 4. The first-order valence-electron chi connectivity index (χ1n) is 9.30. The molecule has 5 aromatic rings. The fourth-order valence-electron chi connectivity index (χ4n) is 3.86. The van der Waals surface area contributed by atoms with Gasteiger partial charge in [0.1, 0.15) is 0 Å². The maximum atomic E-state index is 2.30. The molecule has 0 radical (unpaired) electrons. The fraction of sp³-hybridized carbons (Fsp3) is 0. The van der Waals surface area contributed by atoms with Crippen LogP contribution in [0, 0.1) is 0 Å². The highest BCUT2D eigenvalue weighted by molar-refractivity contribution is 6.07. The molecule has 0 unspecified atom stereocenters. The summed E-state index contributed by atoms with van der Waals surface area (Å²) in [6, 6.07) is 41.2. The largest absolute Gasteiger partial charge is 0.0879 e. The molecule has 0 fully saturated rings. The number of hydrogen-bond donors (Lipinski definition) is 0. The van der Waals surface area contributed by atoms with E-state index < -0.39 is 0 Å². The van der Waals surface area contributed by atoms with Gasteiger partial charge in [0.25, 0.3) is 0 Å². The Morgan fingerprint density at radius 2 is 1.19 bits per heavy atom. The second-order valence-electron chi connectivity index (χ2n) is 6.83.